The molecule has 0 aliphatic carbocycles. The van der Waals surface area contributed by atoms with E-state index < -0.39 is 0 Å². The summed E-state index contributed by atoms with van der Waals surface area (Å²) in [5.41, 5.74) is 2.76. The van der Waals surface area contributed by atoms with Crippen LogP contribution in [0.15, 0.2) is 42.5 Å². The van der Waals surface area contributed by atoms with Crippen molar-refractivity contribution in [3.05, 3.63) is 66.3 Å². The summed E-state index contributed by atoms with van der Waals surface area (Å²) < 4.78 is 0. The fourth-order valence-electron chi connectivity index (χ4n) is 1.77. The van der Waals surface area contributed by atoms with Crippen LogP contribution in [0.5, 0.6) is 0 Å². The molecule has 0 aromatic heterocycles. The first-order valence-corrected chi connectivity index (χ1v) is 13.6. The minimum Gasteiger partial charge on any atom is -0.494 e. The Labute approximate surface area is 251 Å². The molecule has 1 rings (SSSR count). The molecule has 0 spiro atoms. The maximum Gasteiger partial charge on any atom is 4.00 e. The van der Waals surface area contributed by atoms with E-state index >= 15 is 0 Å². The predicted molar refractivity (Wildman–Crippen MR) is 167 cm³/mol. The van der Waals surface area contributed by atoms with Crippen molar-refractivity contribution in [2.24, 2.45) is 32.5 Å². The van der Waals surface area contributed by atoms with Crippen LogP contribution in [0.4, 0.5) is 0 Å². The molecule has 0 aliphatic heterocycles. The van der Waals surface area contributed by atoms with E-state index in [1.807, 2.05) is 12.1 Å². The van der Waals surface area contributed by atoms with Crippen molar-refractivity contribution in [1.29, 1.82) is 0 Å². The molecule has 1 aromatic carbocycles. The first-order valence-electron chi connectivity index (χ1n) is 13.6. The number of aryl methyl sites for hydroxylation is 1. The second-order valence-electron chi connectivity index (χ2n) is 16.2. The van der Waals surface area contributed by atoms with Gasteiger partial charge in [0.05, 0.1) is 0 Å². The van der Waals surface area contributed by atoms with Crippen LogP contribution in [0.3, 0.4) is 0 Å². The molecule has 0 unspecified atom stereocenters. The number of allylic oxidation sites excluding steroid dienone is 6. The van der Waals surface area contributed by atoms with Crippen LogP contribution < -0.4 is 0 Å². The summed E-state index contributed by atoms with van der Waals surface area (Å²) in [7, 11) is 0. The summed E-state index contributed by atoms with van der Waals surface area (Å²) in [4.78, 5) is 0. The van der Waals surface area contributed by atoms with Gasteiger partial charge in [0.2, 0.25) is 0 Å². The molecule has 0 saturated carbocycles. The van der Waals surface area contributed by atoms with Crippen molar-refractivity contribution >= 4 is 0 Å². The maximum absolute atomic E-state index is 3.34. The van der Waals surface area contributed by atoms with Crippen molar-refractivity contribution in [3.8, 4) is 0 Å². The molecule has 0 aliphatic rings. The van der Waals surface area contributed by atoms with Gasteiger partial charge in [0, 0.05) is 0 Å². The summed E-state index contributed by atoms with van der Waals surface area (Å²) in [5, 5.41) is 0. The van der Waals surface area contributed by atoms with Gasteiger partial charge in [-0.25, -0.2) is 12.1 Å². The van der Waals surface area contributed by atoms with E-state index in [0.717, 1.165) is 0 Å². The standard InChI is InChI=1S/3C10H19.C6H7.Ti/c3*1-9(2,3)7-8-10(4,5)6;1-6-4-2-3-5-6;/h3*7H,1-6H3;2-5H,1H3;/q4*-1;+4. The molecule has 0 amide bonds. The molecule has 0 atom stereocenters. The molecular formula is C36H64Ti. The van der Waals surface area contributed by atoms with Crippen LogP contribution in [0.25, 0.3) is 0 Å². The first kappa shape index (κ1) is 43.3. The van der Waals surface area contributed by atoms with Gasteiger partial charge in [-0.15, -0.1) is 0 Å². The van der Waals surface area contributed by atoms with Gasteiger partial charge in [0.1, 0.15) is 0 Å². The third-order valence-corrected chi connectivity index (χ3v) is 3.64. The molecular weight excluding hydrogens is 480 g/mol. The average Bonchev–Trinajstić information content (AvgIpc) is 3.06. The fraction of sp³-hybridized carbons (Fsp3) is 0.694. The molecule has 37 heavy (non-hydrogen) atoms. The fourth-order valence-corrected chi connectivity index (χ4v) is 1.77. The van der Waals surface area contributed by atoms with Gasteiger partial charge in [0.15, 0.2) is 0 Å². The van der Waals surface area contributed by atoms with Crippen molar-refractivity contribution < 1.29 is 21.7 Å². The zero-order valence-electron chi connectivity index (χ0n) is 28.5. The topological polar surface area (TPSA) is 0 Å². The van der Waals surface area contributed by atoms with Crippen LogP contribution in [-0.4, -0.2) is 0 Å². The predicted octanol–water partition coefficient (Wildman–Crippen LogP) is 12.0. The second-order valence-corrected chi connectivity index (χ2v) is 16.2. The molecule has 0 nitrogen and oxygen atoms in total. The second kappa shape index (κ2) is 17.8. The van der Waals surface area contributed by atoms with E-state index in [1.54, 1.807) is 0 Å². The van der Waals surface area contributed by atoms with Crippen molar-refractivity contribution in [2.45, 2.75) is 132 Å². The van der Waals surface area contributed by atoms with Gasteiger partial charge in [-0.3, -0.25) is 18.2 Å². The van der Waals surface area contributed by atoms with Crippen molar-refractivity contribution in [2.75, 3.05) is 0 Å². The molecule has 0 heterocycles. The quantitative estimate of drug-likeness (QED) is 0.225. The Morgan fingerprint density at radius 1 is 0.432 bits per heavy atom. The number of rotatable bonds is 0. The average molecular weight is 545 g/mol. The Hall–Kier alpha value is -0.716. The van der Waals surface area contributed by atoms with Crippen LogP contribution in [0.1, 0.15) is 130 Å². The van der Waals surface area contributed by atoms with E-state index in [2.05, 4.69) is 180 Å². The van der Waals surface area contributed by atoms with E-state index in [-0.39, 0.29) is 54.2 Å². The van der Waals surface area contributed by atoms with Crippen LogP contribution >= 0.6 is 0 Å². The summed E-state index contributed by atoms with van der Waals surface area (Å²) in [6.07, 6.45) is 16.4. The number of hydrogen-bond acceptors (Lipinski definition) is 0. The summed E-state index contributed by atoms with van der Waals surface area (Å²) >= 11 is 0. The molecule has 0 bridgehead atoms. The molecule has 212 valence electrons. The van der Waals surface area contributed by atoms with Crippen LogP contribution in [0, 0.1) is 57.6 Å². The smallest absolute Gasteiger partial charge is 0.494 e. The molecule has 0 saturated heterocycles. The Morgan fingerprint density at radius 2 is 0.622 bits per heavy atom. The van der Waals surface area contributed by atoms with Crippen molar-refractivity contribution in [3.63, 3.8) is 0 Å². The zero-order valence-corrected chi connectivity index (χ0v) is 30.1. The first-order chi connectivity index (χ1) is 15.5. The third kappa shape index (κ3) is 52.5. The van der Waals surface area contributed by atoms with E-state index in [1.165, 1.54) is 5.56 Å². The Bertz CT molecular complexity index is 598. The summed E-state index contributed by atoms with van der Waals surface area (Å²) in [6.45, 7) is 41.2. The normalized spacial score (nSPS) is 13.3. The van der Waals surface area contributed by atoms with Crippen molar-refractivity contribution in [1.82, 2.24) is 0 Å². The van der Waals surface area contributed by atoms with Gasteiger partial charge in [-0.1, -0.05) is 148 Å². The van der Waals surface area contributed by atoms with E-state index in [0.29, 0.717) is 0 Å². The van der Waals surface area contributed by atoms with Crippen LogP contribution in [0.2, 0.25) is 0 Å². The van der Waals surface area contributed by atoms with Crippen LogP contribution in [-0.2, 0) is 21.7 Å². The van der Waals surface area contributed by atoms with E-state index in [9.17, 15) is 0 Å². The molecule has 0 radical (unpaired) electrons. The summed E-state index contributed by atoms with van der Waals surface area (Å²) in [5.74, 6) is 0. The minimum absolute atomic E-state index is 0. The molecule has 1 aromatic rings. The Balaban J connectivity index is -0.000000197. The van der Waals surface area contributed by atoms with Gasteiger partial charge >= 0.3 is 21.7 Å². The SMILES string of the molecule is CC(C)(C)[C-]=CC(C)(C)C.CC(C)(C)[C-]=CC(C)(C)C.CC(C)(C)[C-]=CC(C)(C)C.C[c-]1cccc1.[Ti+4]. The minimum atomic E-state index is 0. The Kier molecular flexibility index (Phi) is 20.8. The monoisotopic (exact) mass is 544 g/mol. The molecule has 1 heteroatoms. The summed E-state index contributed by atoms with van der Waals surface area (Å²) in [6, 6.07) is 8.24. The zero-order chi connectivity index (χ0) is 29.6. The molecule has 0 N–H and O–H groups in total. The number of hydrogen-bond donors (Lipinski definition) is 0. The van der Waals surface area contributed by atoms with Gasteiger partial charge in [-0.05, 0) is 0 Å². The molecule has 0 fully saturated rings. The third-order valence-electron chi connectivity index (χ3n) is 3.64. The maximum atomic E-state index is 3.34. The van der Waals surface area contributed by atoms with Gasteiger partial charge in [-0.2, -0.15) is 33.9 Å². The largest absolute Gasteiger partial charge is 4.00 e. The van der Waals surface area contributed by atoms with E-state index in [4.69, 9.17) is 0 Å². The van der Waals surface area contributed by atoms with Gasteiger partial charge < -0.3 is 18.2 Å². The Morgan fingerprint density at radius 3 is 0.676 bits per heavy atom. The van der Waals surface area contributed by atoms with Gasteiger partial charge in [0.25, 0.3) is 0 Å².